The number of hydrogen-bond donors (Lipinski definition) is 2. The van der Waals surface area contributed by atoms with Crippen LogP contribution in [0, 0.1) is 0 Å². The maximum atomic E-state index is 4.55. The Labute approximate surface area is 190 Å². The van der Waals surface area contributed by atoms with Gasteiger partial charge < -0.3 is 25.0 Å². The van der Waals surface area contributed by atoms with Gasteiger partial charge in [-0.25, -0.2) is 4.98 Å². The molecule has 2 N–H and O–H groups in total. The molecule has 0 unspecified atom stereocenters. The third-order valence-corrected chi connectivity index (χ3v) is 4.98. The van der Waals surface area contributed by atoms with E-state index in [1.54, 1.807) is 13.4 Å². The van der Waals surface area contributed by atoms with Crippen molar-refractivity contribution in [1.82, 2.24) is 35.3 Å². The average Bonchev–Trinajstić information content (AvgIpc) is 3.19. The number of rotatable bonds is 7. The topological polar surface area (TPSA) is 86.5 Å². The zero-order valence-corrected chi connectivity index (χ0v) is 19.8. The Morgan fingerprint density at radius 1 is 1.21 bits per heavy atom. The minimum absolute atomic E-state index is 0. The molecular weight excluding hydrogens is 481 g/mol. The fraction of sp³-hybridized carbons (Fsp3) is 0.579. The molecule has 3 rings (SSSR count). The normalized spacial score (nSPS) is 15.1. The van der Waals surface area contributed by atoms with Crippen LogP contribution in [0.3, 0.4) is 0 Å². The predicted molar refractivity (Wildman–Crippen MR) is 127 cm³/mol. The van der Waals surface area contributed by atoms with Gasteiger partial charge in [-0.15, -0.1) is 34.2 Å². The van der Waals surface area contributed by atoms with Gasteiger partial charge in [0.05, 0.1) is 0 Å². The Bertz CT molecular complexity index is 769. The molecule has 3 heterocycles. The number of piperazine rings is 1. The summed E-state index contributed by atoms with van der Waals surface area (Å²) in [6.07, 6.45) is 4.54. The second kappa shape index (κ2) is 11.9. The predicted octanol–water partition coefficient (Wildman–Crippen LogP) is 0.971. The Morgan fingerprint density at radius 2 is 2.00 bits per heavy atom. The molecule has 1 aliphatic rings. The molecule has 0 saturated carbocycles. The highest BCUT2D eigenvalue weighted by atomic mass is 127. The summed E-state index contributed by atoms with van der Waals surface area (Å²) in [5.74, 6) is 2.83. The van der Waals surface area contributed by atoms with E-state index in [1.807, 2.05) is 12.3 Å². The van der Waals surface area contributed by atoms with Crippen molar-refractivity contribution in [3.05, 3.63) is 36.0 Å². The van der Waals surface area contributed by atoms with E-state index in [0.717, 1.165) is 63.3 Å². The van der Waals surface area contributed by atoms with Gasteiger partial charge in [0.15, 0.2) is 5.96 Å². The van der Waals surface area contributed by atoms with Crippen LogP contribution >= 0.6 is 24.0 Å². The Balaban J connectivity index is 0.00000300. The molecule has 0 aliphatic carbocycles. The highest BCUT2D eigenvalue weighted by Gasteiger charge is 2.15. The number of aliphatic imine (C=N–C) groups is 1. The zero-order valence-electron chi connectivity index (χ0n) is 17.5. The van der Waals surface area contributed by atoms with Crippen LogP contribution in [0.15, 0.2) is 29.6 Å². The molecule has 1 saturated heterocycles. The van der Waals surface area contributed by atoms with Crippen molar-refractivity contribution in [3.63, 3.8) is 0 Å². The van der Waals surface area contributed by atoms with Gasteiger partial charge in [0, 0.05) is 65.5 Å². The highest BCUT2D eigenvalue weighted by Crippen LogP contribution is 2.14. The van der Waals surface area contributed by atoms with Gasteiger partial charge in [0.1, 0.15) is 18.0 Å². The van der Waals surface area contributed by atoms with E-state index in [1.165, 1.54) is 5.56 Å². The number of nitrogens with one attached hydrogen (secondary N) is 2. The molecule has 9 nitrogen and oxygen atoms in total. The molecular formula is C19H32IN9. The molecule has 2 aromatic rings. The fourth-order valence-corrected chi connectivity index (χ4v) is 3.22. The molecule has 2 aromatic heterocycles. The van der Waals surface area contributed by atoms with Crippen LogP contribution in [-0.4, -0.2) is 77.4 Å². The van der Waals surface area contributed by atoms with Crippen LogP contribution in [0.1, 0.15) is 18.3 Å². The van der Waals surface area contributed by atoms with E-state index in [0.29, 0.717) is 6.54 Å². The summed E-state index contributed by atoms with van der Waals surface area (Å²) in [6, 6.07) is 4.21. The lowest BCUT2D eigenvalue weighted by Gasteiger charge is -2.33. The molecule has 0 amide bonds. The summed E-state index contributed by atoms with van der Waals surface area (Å²) >= 11 is 0. The second-order valence-electron chi connectivity index (χ2n) is 6.96. The molecule has 0 atom stereocenters. The number of aryl methyl sites for hydroxylation is 1. The van der Waals surface area contributed by atoms with Crippen molar-refractivity contribution < 1.29 is 0 Å². The number of pyridine rings is 1. The van der Waals surface area contributed by atoms with Crippen LogP contribution in [-0.2, 0) is 19.5 Å². The summed E-state index contributed by atoms with van der Waals surface area (Å²) in [6.45, 7) is 8.54. The van der Waals surface area contributed by atoms with E-state index in [2.05, 4.69) is 65.2 Å². The zero-order chi connectivity index (χ0) is 19.8. The third-order valence-electron chi connectivity index (χ3n) is 4.98. The minimum atomic E-state index is 0. The van der Waals surface area contributed by atoms with Crippen molar-refractivity contribution in [3.8, 4) is 0 Å². The van der Waals surface area contributed by atoms with Gasteiger partial charge in [-0.05, 0) is 24.7 Å². The molecule has 0 radical (unpaired) electrons. The van der Waals surface area contributed by atoms with Crippen LogP contribution in [0.2, 0.25) is 0 Å². The van der Waals surface area contributed by atoms with Crippen LogP contribution in [0.5, 0.6) is 0 Å². The fourth-order valence-electron chi connectivity index (χ4n) is 3.22. The molecule has 1 aliphatic heterocycles. The summed E-state index contributed by atoms with van der Waals surface area (Å²) in [7, 11) is 3.95. The first-order valence-corrected chi connectivity index (χ1v) is 9.89. The first kappa shape index (κ1) is 23.3. The van der Waals surface area contributed by atoms with Gasteiger partial charge >= 0.3 is 0 Å². The lowest BCUT2D eigenvalue weighted by atomic mass is 10.2. The van der Waals surface area contributed by atoms with Gasteiger partial charge in [-0.1, -0.05) is 6.92 Å². The minimum Gasteiger partial charge on any atom is -0.355 e. The van der Waals surface area contributed by atoms with E-state index in [-0.39, 0.29) is 24.0 Å². The second-order valence-corrected chi connectivity index (χ2v) is 6.96. The first-order chi connectivity index (χ1) is 13.7. The summed E-state index contributed by atoms with van der Waals surface area (Å²) in [5.41, 5.74) is 1.19. The Kier molecular flexibility index (Phi) is 9.58. The van der Waals surface area contributed by atoms with Crippen molar-refractivity contribution in [2.45, 2.75) is 26.4 Å². The van der Waals surface area contributed by atoms with Crippen LogP contribution in [0.25, 0.3) is 0 Å². The SMILES string of the molecule is CCc1nncn1CCNC(=NC)NCc1ccnc(N2CCN(C)CC2)c1.I. The number of halogens is 1. The van der Waals surface area contributed by atoms with Gasteiger partial charge in [-0.3, -0.25) is 4.99 Å². The number of aromatic nitrogens is 4. The summed E-state index contributed by atoms with van der Waals surface area (Å²) in [4.78, 5) is 13.6. The average molecular weight is 513 g/mol. The summed E-state index contributed by atoms with van der Waals surface area (Å²) < 4.78 is 2.06. The number of hydrogen-bond acceptors (Lipinski definition) is 6. The quantitative estimate of drug-likeness (QED) is 0.324. The van der Waals surface area contributed by atoms with Gasteiger partial charge in [0.2, 0.25) is 0 Å². The lowest BCUT2D eigenvalue weighted by Crippen LogP contribution is -2.44. The van der Waals surface area contributed by atoms with E-state index >= 15 is 0 Å². The molecule has 29 heavy (non-hydrogen) atoms. The number of nitrogens with zero attached hydrogens (tertiary/aromatic N) is 7. The van der Waals surface area contributed by atoms with E-state index in [4.69, 9.17) is 0 Å². The van der Waals surface area contributed by atoms with Crippen LogP contribution < -0.4 is 15.5 Å². The first-order valence-electron chi connectivity index (χ1n) is 9.89. The maximum Gasteiger partial charge on any atom is 0.191 e. The molecule has 1 fully saturated rings. The highest BCUT2D eigenvalue weighted by molar-refractivity contribution is 14.0. The summed E-state index contributed by atoms with van der Waals surface area (Å²) in [5, 5.41) is 14.8. The molecule has 0 bridgehead atoms. The van der Waals surface area contributed by atoms with Crippen molar-refractivity contribution in [1.29, 1.82) is 0 Å². The van der Waals surface area contributed by atoms with Crippen molar-refractivity contribution in [2.24, 2.45) is 4.99 Å². The number of anilines is 1. The molecule has 160 valence electrons. The molecule has 0 spiro atoms. The number of guanidine groups is 1. The van der Waals surface area contributed by atoms with Gasteiger partial charge in [0.25, 0.3) is 0 Å². The Morgan fingerprint density at radius 3 is 2.72 bits per heavy atom. The maximum absolute atomic E-state index is 4.55. The van der Waals surface area contributed by atoms with E-state index in [9.17, 15) is 0 Å². The Hall–Kier alpha value is -1.95. The third kappa shape index (κ3) is 6.81. The largest absolute Gasteiger partial charge is 0.355 e. The van der Waals surface area contributed by atoms with Crippen molar-refractivity contribution >= 4 is 35.8 Å². The lowest BCUT2D eigenvalue weighted by molar-refractivity contribution is 0.312. The standard InChI is InChI=1S/C19H31N9.HI/c1-4-17-25-24-15-28(17)8-7-22-19(20-2)23-14-16-5-6-21-18(13-16)27-11-9-26(3)10-12-27;/h5-6,13,15H,4,7-12,14H2,1-3H3,(H2,20,22,23);1H. The van der Waals surface area contributed by atoms with Gasteiger partial charge in [-0.2, -0.15) is 0 Å². The molecule has 0 aromatic carbocycles. The monoisotopic (exact) mass is 513 g/mol. The van der Waals surface area contributed by atoms with Crippen LogP contribution in [0.4, 0.5) is 5.82 Å². The smallest absolute Gasteiger partial charge is 0.191 e. The van der Waals surface area contributed by atoms with E-state index < -0.39 is 0 Å². The van der Waals surface area contributed by atoms with Crippen molar-refractivity contribution in [2.75, 3.05) is 51.7 Å². The molecule has 10 heteroatoms. The number of likely N-dealkylation sites (N-methyl/N-ethyl adjacent to an activating group) is 1.